The molecule has 0 spiro atoms. The van der Waals surface area contributed by atoms with Crippen molar-refractivity contribution in [1.29, 1.82) is 0 Å². The SMILES string of the molecule is CCc1ccc(OC(C)C(=O)N2CCN(C(=O)CCCN)CC2)cc1. The van der Waals surface area contributed by atoms with Crippen LogP contribution >= 0.6 is 0 Å². The summed E-state index contributed by atoms with van der Waals surface area (Å²) in [5.41, 5.74) is 6.68. The van der Waals surface area contributed by atoms with E-state index in [2.05, 4.69) is 6.92 Å². The van der Waals surface area contributed by atoms with Crippen molar-refractivity contribution in [3.8, 4) is 5.75 Å². The minimum atomic E-state index is -0.535. The molecule has 1 fully saturated rings. The third kappa shape index (κ3) is 5.46. The second-order valence-corrected chi connectivity index (χ2v) is 6.36. The van der Waals surface area contributed by atoms with Gasteiger partial charge in [0, 0.05) is 32.6 Å². The van der Waals surface area contributed by atoms with Crippen molar-refractivity contribution in [1.82, 2.24) is 9.80 Å². The van der Waals surface area contributed by atoms with E-state index in [0.717, 1.165) is 6.42 Å². The topological polar surface area (TPSA) is 75.9 Å². The zero-order valence-corrected chi connectivity index (χ0v) is 15.2. The number of rotatable bonds is 7. The third-order valence-corrected chi connectivity index (χ3v) is 4.53. The second-order valence-electron chi connectivity index (χ2n) is 6.36. The average Bonchev–Trinajstić information content (AvgIpc) is 2.66. The summed E-state index contributed by atoms with van der Waals surface area (Å²) in [7, 11) is 0. The van der Waals surface area contributed by atoms with Gasteiger partial charge in [-0.3, -0.25) is 9.59 Å². The van der Waals surface area contributed by atoms with Gasteiger partial charge in [0.1, 0.15) is 5.75 Å². The molecule has 1 aliphatic rings. The average molecular weight is 347 g/mol. The highest BCUT2D eigenvalue weighted by Gasteiger charge is 2.27. The van der Waals surface area contributed by atoms with Crippen molar-refractivity contribution in [2.45, 2.75) is 39.2 Å². The molecule has 2 amide bonds. The molecule has 2 N–H and O–H groups in total. The molecule has 1 unspecified atom stereocenters. The van der Waals surface area contributed by atoms with E-state index in [1.165, 1.54) is 5.56 Å². The molecule has 1 aromatic rings. The molecule has 6 nitrogen and oxygen atoms in total. The molecule has 138 valence electrons. The first-order valence-electron chi connectivity index (χ1n) is 9.07. The quantitative estimate of drug-likeness (QED) is 0.809. The number of ether oxygens (including phenoxy) is 1. The number of benzene rings is 1. The lowest BCUT2D eigenvalue weighted by atomic mass is 10.2. The smallest absolute Gasteiger partial charge is 0.263 e. The highest BCUT2D eigenvalue weighted by atomic mass is 16.5. The first-order chi connectivity index (χ1) is 12.0. The second kappa shape index (κ2) is 9.42. The van der Waals surface area contributed by atoms with Gasteiger partial charge in [0.2, 0.25) is 5.91 Å². The standard InChI is InChI=1S/C19H29N3O3/c1-3-16-6-8-17(9-7-16)25-15(2)19(24)22-13-11-21(12-14-22)18(23)5-4-10-20/h6-9,15H,3-5,10-14,20H2,1-2H3. The van der Waals surface area contributed by atoms with Gasteiger partial charge in [0.15, 0.2) is 6.10 Å². The predicted octanol–water partition coefficient (Wildman–Crippen LogP) is 1.43. The van der Waals surface area contributed by atoms with Gasteiger partial charge in [-0.15, -0.1) is 0 Å². The van der Waals surface area contributed by atoms with Gasteiger partial charge in [-0.05, 0) is 44.0 Å². The van der Waals surface area contributed by atoms with E-state index in [1.807, 2.05) is 29.2 Å². The number of carbonyl (C=O) groups excluding carboxylic acids is 2. The molecule has 1 heterocycles. The van der Waals surface area contributed by atoms with Crippen molar-refractivity contribution < 1.29 is 14.3 Å². The summed E-state index contributed by atoms with van der Waals surface area (Å²) in [5, 5.41) is 0. The van der Waals surface area contributed by atoms with Crippen LogP contribution in [0.15, 0.2) is 24.3 Å². The van der Waals surface area contributed by atoms with Crippen LogP contribution in [0, 0.1) is 0 Å². The van der Waals surface area contributed by atoms with Gasteiger partial charge in [-0.1, -0.05) is 19.1 Å². The molecule has 0 aliphatic carbocycles. The molecule has 0 radical (unpaired) electrons. The Morgan fingerprint density at radius 1 is 1.12 bits per heavy atom. The van der Waals surface area contributed by atoms with Crippen molar-refractivity contribution in [3.63, 3.8) is 0 Å². The molecule has 6 heteroatoms. The fourth-order valence-electron chi connectivity index (χ4n) is 2.90. The van der Waals surface area contributed by atoms with Crippen molar-refractivity contribution in [2.24, 2.45) is 5.73 Å². The maximum absolute atomic E-state index is 12.6. The Bertz CT molecular complexity index is 566. The first kappa shape index (κ1) is 19.2. The zero-order valence-electron chi connectivity index (χ0n) is 15.2. The number of piperazine rings is 1. The van der Waals surface area contributed by atoms with Crippen LogP contribution in [0.25, 0.3) is 0 Å². The molecule has 0 aromatic heterocycles. The van der Waals surface area contributed by atoms with Crippen LogP contribution in [0.4, 0.5) is 0 Å². The van der Waals surface area contributed by atoms with E-state index < -0.39 is 6.10 Å². The van der Waals surface area contributed by atoms with Crippen LogP contribution in [-0.4, -0.2) is 60.4 Å². The Kier molecular flexibility index (Phi) is 7.25. The van der Waals surface area contributed by atoms with Crippen LogP contribution in [0.2, 0.25) is 0 Å². The van der Waals surface area contributed by atoms with Crippen LogP contribution in [0.1, 0.15) is 32.3 Å². The molecular formula is C19H29N3O3. The number of nitrogens with two attached hydrogens (primary N) is 1. The highest BCUT2D eigenvalue weighted by molar-refractivity contribution is 5.81. The summed E-state index contributed by atoms with van der Waals surface area (Å²) in [6, 6.07) is 7.82. The number of aryl methyl sites for hydroxylation is 1. The fourth-order valence-corrected chi connectivity index (χ4v) is 2.90. The summed E-state index contributed by atoms with van der Waals surface area (Å²) in [4.78, 5) is 28.1. The van der Waals surface area contributed by atoms with Crippen molar-refractivity contribution in [2.75, 3.05) is 32.7 Å². The van der Waals surface area contributed by atoms with Crippen molar-refractivity contribution in [3.05, 3.63) is 29.8 Å². The Labute approximate surface area is 149 Å². The van der Waals surface area contributed by atoms with E-state index in [-0.39, 0.29) is 11.8 Å². The number of nitrogens with zero attached hydrogens (tertiary/aromatic N) is 2. The lowest BCUT2D eigenvalue weighted by molar-refractivity contribution is -0.143. The summed E-state index contributed by atoms with van der Waals surface area (Å²) < 4.78 is 5.77. The van der Waals surface area contributed by atoms with Crippen LogP contribution in [-0.2, 0) is 16.0 Å². The number of amides is 2. The zero-order chi connectivity index (χ0) is 18.2. The monoisotopic (exact) mass is 347 g/mol. The summed E-state index contributed by atoms with van der Waals surface area (Å²) >= 11 is 0. The Balaban J connectivity index is 1.81. The van der Waals surface area contributed by atoms with E-state index >= 15 is 0 Å². The minimum absolute atomic E-state index is 0.0337. The summed E-state index contributed by atoms with van der Waals surface area (Å²) in [6.07, 6.45) is 1.63. The first-order valence-corrected chi connectivity index (χ1v) is 9.07. The maximum Gasteiger partial charge on any atom is 0.263 e. The Hall–Kier alpha value is -2.08. The molecule has 1 aliphatic heterocycles. The van der Waals surface area contributed by atoms with E-state index in [4.69, 9.17) is 10.5 Å². The highest BCUT2D eigenvalue weighted by Crippen LogP contribution is 2.16. The molecular weight excluding hydrogens is 318 g/mol. The number of hydrogen-bond donors (Lipinski definition) is 1. The summed E-state index contributed by atoms with van der Waals surface area (Å²) in [6.45, 7) is 6.65. The molecule has 2 rings (SSSR count). The maximum atomic E-state index is 12.6. The van der Waals surface area contributed by atoms with Gasteiger partial charge < -0.3 is 20.3 Å². The largest absolute Gasteiger partial charge is 0.481 e. The van der Waals surface area contributed by atoms with Gasteiger partial charge in [0.25, 0.3) is 5.91 Å². The summed E-state index contributed by atoms with van der Waals surface area (Å²) in [5.74, 6) is 0.792. The molecule has 0 saturated carbocycles. The third-order valence-electron chi connectivity index (χ3n) is 4.53. The van der Waals surface area contributed by atoms with Gasteiger partial charge in [-0.2, -0.15) is 0 Å². The molecule has 25 heavy (non-hydrogen) atoms. The minimum Gasteiger partial charge on any atom is -0.481 e. The number of hydrogen-bond acceptors (Lipinski definition) is 4. The van der Waals surface area contributed by atoms with Gasteiger partial charge in [0.05, 0.1) is 0 Å². The van der Waals surface area contributed by atoms with E-state index in [0.29, 0.717) is 51.3 Å². The lowest BCUT2D eigenvalue weighted by Gasteiger charge is -2.36. The predicted molar refractivity (Wildman–Crippen MR) is 97.4 cm³/mol. The van der Waals surface area contributed by atoms with Gasteiger partial charge >= 0.3 is 0 Å². The fraction of sp³-hybridized carbons (Fsp3) is 0.579. The lowest BCUT2D eigenvalue weighted by Crippen LogP contribution is -2.53. The van der Waals surface area contributed by atoms with E-state index in [9.17, 15) is 9.59 Å². The molecule has 1 aromatic carbocycles. The van der Waals surface area contributed by atoms with Gasteiger partial charge in [-0.25, -0.2) is 0 Å². The van der Waals surface area contributed by atoms with Crippen molar-refractivity contribution >= 4 is 11.8 Å². The Morgan fingerprint density at radius 2 is 1.72 bits per heavy atom. The number of carbonyl (C=O) groups is 2. The molecule has 1 atom stereocenters. The van der Waals surface area contributed by atoms with Crippen LogP contribution in [0.5, 0.6) is 5.75 Å². The molecule has 1 saturated heterocycles. The van der Waals surface area contributed by atoms with Crippen LogP contribution < -0.4 is 10.5 Å². The van der Waals surface area contributed by atoms with Crippen LogP contribution in [0.3, 0.4) is 0 Å². The Morgan fingerprint density at radius 3 is 2.28 bits per heavy atom. The molecule has 0 bridgehead atoms. The normalized spacial score (nSPS) is 15.8. The van der Waals surface area contributed by atoms with E-state index in [1.54, 1.807) is 11.8 Å².